The van der Waals surface area contributed by atoms with Gasteiger partial charge in [-0.15, -0.1) is 0 Å². The van der Waals surface area contributed by atoms with E-state index in [0.717, 1.165) is 4.57 Å². The number of H-pyrrole nitrogens is 1. The minimum atomic E-state index is -5.58. The van der Waals surface area contributed by atoms with Gasteiger partial charge in [0.05, 0.1) is 18.8 Å². The lowest BCUT2D eigenvalue weighted by Crippen LogP contribution is -2.33. The van der Waals surface area contributed by atoms with E-state index in [1.165, 1.54) is 13.1 Å². The normalized spacial score (nSPS) is 26.9. The Hall–Kier alpha value is -1.64. The van der Waals surface area contributed by atoms with Gasteiger partial charge in [0, 0.05) is 23.1 Å². The molecule has 6 N–H and O–H groups in total. The fourth-order valence-corrected chi connectivity index (χ4v) is 5.65. The second kappa shape index (κ2) is 9.46. The van der Waals surface area contributed by atoms with Crippen LogP contribution in [0.5, 0.6) is 0 Å². The van der Waals surface area contributed by atoms with Crippen molar-refractivity contribution in [2.45, 2.75) is 31.7 Å². The second-order valence-corrected chi connectivity index (χ2v) is 10.6. The number of phosphoric acid groups is 2. The first-order valence-electron chi connectivity index (χ1n) is 7.98. The van der Waals surface area contributed by atoms with Crippen molar-refractivity contribution in [3.05, 3.63) is 43.0 Å². The molecule has 0 bridgehead atoms. The maximum absolute atomic E-state index is 12.0. The predicted molar refractivity (Wildman–Crippen MR) is 99.3 cm³/mol. The fraction of sp³-hybridized carbons (Fsp3) is 0.600. The summed E-state index contributed by atoms with van der Waals surface area (Å²) >= 11 is 0. The highest BCUT2D eigenvalue weighted by Gasteiger charge is 2.42. The standard InChI is InChI=1S/C10H17N6O12P3/c1-5-3-16(10(18)13-9(5)17)8-2-6(14-15-11)7(26-8)4-25-30(21,22)28-31(23,24)27-29(12,19)20/h3,6-8H,2,4H2,1H3,(H,21,22)(H,23,24)(H3,12,19,20)(H,13,17,18)/t6-,7+,8+/m0/s1. The molecule has 1 aromatic heterocycles. The number of azide groups is 1. The molecule has 1 aliphatic heterocycles. The Kier molecular flexibility index (Phi) is 7.82. The van der Waals surface area contributed by atoms with Gasteiger partial charge < -0.3 is 19.4 Å². The van der Waals surface area contributed by atoms with Gasteiger partial charge in [-0.1, -0.05) is 5.11 Å². The highest BCUT2D eigenvalue weighted by atomic mass is 31.3. The van der Waals surface area contributed by atoms with Gasteiger partial charge in [-0.05, 0) is 12.5 Å². The summed E-state index contributed by atoms with van der Waals surface area (Å²) in [6, 6.07) is -1.02. The summed E-state index contributed by atoms with van der Waals surface area (Å²) in [5.41, 5.74) is 11.9. The number of nitrogens with zero attached hydrogens (tertiary/aromatic N) is 4. The Morgan fingerprint density at radius 1 is 1.32 bits per heavy atom. The van der Waals surface area contributed by atoms with Gasteiger partial charge in [0.25, 0.3) is 5.56 Å². The third-order valence-corrected chi connectivity index (χ3v) is 7.58. The number of aryl methyl sites for hydroxylation is 1. The number of aromatic amines is 1. The van der Waals surface area contributed by atoms with Crippen molar-refractivity contribution >= 4 is 23.4 Å². The Morgan fingerprint density at radius 2 is 1.97 bits per heavy atom. The molecule has 0 amide bonds. The zero-order valence-corrected chi connectivity index (χ0v) is 18.1. The molecule has 31 heavy (non-hydrogen) atoms. The highest BCUT2D eigenvalue weighted by Crippen LogP contribution is 2.65. The molecule has 0 saturated carbocycles. The van der Waals surface area contributed by atoms with Crippen molar-refractivity contribution in [1.82, 2.24) is 9.55 Å². The van der Waals surface area contributed by atoms with Crippen molar-refractivity contribution in [2.24, 2.45) is 10.6 Å². The molecule has 2 rings (SSSR count). The summed E-state index contributed by atoms with van der Waals surface area (Å²) in [5, 5.41) is 3.43. The van der Waals surface area contributed by atoms with Crippen LogP contribution in [-0.2, 0) is 31.6 Å². The highest BCUT2D eigenvalue weighted by molar-refractivity contribution is 7.67. The van der Waals surface area contributed by atoms with Crippen LogP contribution in [0.1, 0.15) is 18.2 Å². The first kappa shape index (κ1) is 25.6. The van der Waals surface area contributed by atoms with Crippen LogP contribution in [0.4, 0.5) is 0 Å². The SMILES string of the molecule is Cc1cn([C@H]2C[C@H](N=[N+]=[N-])[C@@H](COP(=O)(O)OP(=O)(O)OP(N)(=O)O)O2)c(=O)[nH]c1=O. The Balaban J connectivity index is 2.14. The zero-order chi connectivity index (χ0) is 23.6. The smallest absolute Gasteiger partial charge is 0.352 e. The summed E-state index contributed by atoms with van der Waals surface area (Å²) in [7, 11) is -16.0. The van der Waals surface area contributed by atoms with E-state index in [9.17, 15) is 33.1 Å². The molecule has 0 aliphatic carbocycles. The molecule has 0 spiro atoms. The minimum Gasteiger partial charge on any atom is -0.352 e. The lowest BCUT2D eigenvalue weighted by atomic mass is 10.1. The predicted octanol–water partition coefficient (Wildman–Crippen LogP) is 0.121. The van der Waals surface area contributed by atoms with Crippen LogP contribution >= 0.6 is 23.4 Å². The molecular weight excluding hydrogens is 489 g/mol. The molecule has 1 saturated heterocycles. The largest absolute Gasteiger partial charge is 0.489 e. The fourth-order valence-electron chi connectivity index (χ4n) is 2.51. The van der Waals surface area contributed by atoms with E-state index >= 15 is 0 Å². The maximum Gasteiger partial charge on any atom is 0.489 e. The van der Waals surface area contributed by atoms with E-state index in [2.05, 4.69) is 33.7 Å². The Morgan fingerprint density at radius 3 is 2.55 bits per heavy atom. The van der Waals surface area contributed by atoms with Crippen molar-refractivity contribution < 1.29 is 46.3 Å². The van der Waals surface area contributed by atoms with E-state index in [0.29, 0.717) is 0 Å². The molecule has 21 heteroatoms. The first-order valence-corrected chi connectivity index (χ1v) is 12.6. The average molecular weight is 506 g/mol. The van der Waals surface area contributed by atoms with Gasteiger partial charge in [-0.2, -0.15) is 8.62 Å². The molecule has 2 heterocycles. The molecule has 1 aliphatic rings. The molecule has 174 valence electrons. The molecule has 6 atom stereocenters. The van der Waals surface area contributed by atoms with Crippen molar-refractivity contribution in [1.29, 1.82) is 0 Å². The van der Waals surface area contributed by atoms with E-state index in [-0.39, 0.29) is 12.0 Å². The molecular formula is C10H17N6O12P3. The lowest BCUT2D eigenvalue weighted by molar-refractivity contribution is -0.0267. The molecule has 0 radical (unpaired) electrons. The van der Waals surface area contributed by atoms with Gasteiger partial charge in [0.1, 0.15) is 6.23 Å². The van der Waals surface area contributed by atoms with Crippen LogP contribution < -0.4 is 16.8 Å². The maximum atomic E-state index is 12.0. The third-order valence-electron chi connectivity index (χ3n) is 3.69. The summed E-state index contributed by atoms with van der Waals surface area (Å²) < 4.78 is 52.6. The zero-order valence-electron chi connectivity index (χ0n) is 15.4. The number of hydrogen-bond acceptors (Lipinski definition) is 10. The van der Waals surface area contributed by atoms with Gasteiger partial charge in [0.2, 0.25) is 0 Å². The van der Waals surface area contributed by atoms with E-state index in [1.807, 2.05) is 0 Å². The lowest BCUT2D eigenvalue weighted by Gasteiger charge is -2.20. The summed E-state index contributed by atoms with van der Waals surface area (Å²) in [6.45, 7) is 0.584. The van der Waals surface area contributed by atoms with Crippen LogP contribution in [0.25, 0.3) is 10.4 Å². The van der Waals surface area contributed by atoms with Crippen LogP contribution in [0.2, 0.25) is 0 Å². The van der Waals surface area contributed by atoms with E-state index in [4.69, 9.17) is 15.2 Å². The number of phosphoric ester groups is 1. The number of nitrogens with two attached hydrogens (primary N) is 1. The molecule has 18 nitrogen and oxygen atoms in total. The first-order chi connectivity index (χ1) is 14.1. The number of rotatable bonds is 9. The quantitative estimate of drug-likeness (QED) is 0.129. The Labute approximate surface area is 172 Å². The number of aromatic nitrogens is 2. The van der Waals surface area contributed by atoms with Crippen molar-refractivity contribution in [3.63, 3.8) is 0 Å². The van der Waals surface area contributed by atoms with Crippen molar-refractivity contribution in [3.8, 4) is 0 Å². The topological polar surface area (TPSA) is 278 Å². The minimum absolute atomic E-state index is 0.0947. The van der Waals surface area contributed by atoms with Crippen LogP contribution in [0.15, 0.2) is 20.9 Å². The molecule has 3 unspecified atom stereocenters. The van der Waals surface area contributed by atoms with Gasteiger partial charge in [0.15, 0.2) is 0 Å². The molecule has 0 aromatic carbocycles. The van der Waals surface area contributed by atoms with Gasteiger partial charge >= 0.3 is 29.1 Å². The summed E-state index contributed by atoms with van der Waals surface area (Å²) in [4.78, 5) is 55.6. The molecule has 1 aromatic rings. The monoisotopic (exact) mass is 506 g/mol. The van der Waals surface area contributed by atoms with E-state index < -0.39 is 59.6 Å². The summed E-state index contributed by atoms with van der Waals surface area (Å²) in [5.74, 6) is 0. The van der Waals surface area contributed by atoms with Gasteiger partial charge in [-0.25, -0.2) is 24.0 Å². The second-order valence-electron chi connectivity index (χ2n) is 6.08. The van der Waals surface area contributed by atoms with Crippen LogP contribution in [0.3, 0.4) is 0 Å². The van der Waals surface area contributed by atoms with Crippen LogP contribution in [-0.4, -0.2) is 43.0 Å². The van der Waals surface area contributed by atoms with Gasteiger partial charge in [-0.3, -0.25) is 18.9 Å². The number of hydrogen-bond donors (Lipinski definition) is 5. The number of ether oxygens (including phenoxy) is 1. The third kappa shape index (κ3) is 7.47. The van der Waals surface area contributed by atoms with E-state index in [1.54, 1.807) is 0 Å². The summed E-state index contributed by atoms with van der Waals surface area (Å²) in [6.07, 6.45) is -1.19. The number of nitrogens with one attached hydrogen (secondary N) is 1. The van der Waals surface area contributed by atoms with Crippen molar-refractivity contribution in [2.75, 3.05) is 6.61 Å². The molecule has 1 fully saturated rings. The van der Waals surface area contributed by atoms with Crippen LogP contribution in [0, 0.1) is 6.92 Å². The Bertz CT molecular complexity index is 1140. The average Bonchev–Trinajstić information content (AvgIpc) is 2.96.